The predicted molar refractivity (Wildman–Crippen MR) is 79.6 cm³/mol. The second-order valence-electron chi connectivity index (χ2n) is 6.45. The molecule has 3 unspecified atom stereocenters. The molecule has 1 aromatic heterocycles. The predicted octanol–water partition coefficient (Wildman–Crippen LogP) is 1.22. The first-order chi connectivity index (χ1) is 8.95. The number of carbonyl (C=O) groups is 1. The molecule has 1 aliphatic carbocycles. The molecule has 2 aliphatic rings. The van der Waals surface area contributed by atoms with Crippen LogP contribution < -0.4 is 5.32 Å². The molecule has 1 amide bonds. The van der Waals surface area contributed by atoms with Crippen molar-refractivity contribution in [1.82, 2.24) is 20.0 Å². The molecular formula is C14H23ClN4O. The Bertz CT molecular complexity index is 499. The van der Waals surface area contributed by atoms with Crippen LogP contribution in [0.4, 0.5) is 0 Å². The number of aromatic nitrogens is 2. The number of aryl methyl sites for hydroxylation is 1. The van der Waals surface area contributed by atoms with Crippen LogP contribution in [-0.4, -0.2) is 40.7 Å². The number of piperidine rings is 1. The average molecular weight is 299 g/mol. The second kappa shape index (κ2) is 5.04. The van der Waals surface area contributed by atoms with Crippen LogP contribution in [-0.2, 0) is 11.8 Å². The van der Waals surface area contributed by atoms with Crippen LogP contribution in [0.1, 0.15) is 25.5 Å². The van der Waals surface area contributed by atoms with Crippen LogP contribution in [0, 0.1) is 17.3 Å². The fourth-order valence-electron chi connectivity index (χ4n) is 3.52. The second-order valence-corrected chi connectivity index (χ2v) is 6.45. The first-order valence-corrected chi connectivity index (χ1v) is 6.89. The van der Waals surface area contributed by atoms with Gasteiger partial charge in [-0.25, -0.2) is 0 Å². The minimum atomic E-state index is -0.269. The maximum Gasteiger partial charge on any atom is 0.244 e. The number of nitrogens with zero attached hydrogens (tertiary/aromatic N) is 3. The van der Waals surface area contributed by atoms with Gasteiger partial charge in [0.1, 0.15) is 6.04 Å². The van der Waals surface area contributed by atoms with E-state index in [1.165, 1.54) is 0 Å². The molecule has 0 aromatic carbocycles. The van der Waals surface area contributed by atoms with E-state index in [2.05, 4.69) is 24.3 Å². The van der Waals surface area contributed by atoms with Gasteiger partial charge in [0, 0.05) is 31.9 Å². The highest BCUT2D eigenvalue weighted by Crippen LogP contribution is 2.62. The number of halogens is 1. The highest BCUT2D eigenvalue weighted by molar-refractivity contribution is 5.85. The average Bonchev–Trinajstić information content (AvgIpc) is 2.83. The lowest BCUT2D eigenvalue weighted by molar-refractivity contribution is -0.133. The van der Waals surface area contributed by atoms with Crippen molar-refractivity contribution in [2.45, 2.75) is 19.9 Å². The molecular weight excluding hydrogens is 276 g/mol. The van der Waals surface area contributed by atoms with Crippen molar-refractivity contribution in [3.63, 3.8) is 0 Å². The molecule has 0 spiro atoms. The van der Waals surface area contributed by atoms with E-state index in [1.54, 1.807) is 10.9 Å². The van der Waals surface area contributed by atoms with Crippen LogP contribution >= 0.6 is 12.4 Å². The van der Waals surface area contributed by atoms with E-state index < -0.39 is 0 Å². The summed E-state index contributed by atoms with van der Waals surface area (Å²) in [6.45, 7) is 6.44. The Labute approximate surface area is 126 Å². The normalized spacial score (nSPS) is 27.7. The first-order valence-electron chi connectivity index (χ1n) is 6.89. The molecule has 1 aromatic rings. The minimum absolute atomic E-state index is 0. The zero-order valence-electron chi connectivity index (χ0n) is 12.5. The van der Waals surface area contributed by atoms with Gasteiger partial charge in [-0.1, -0.05) is 13.8 Å². The zero-order chi connectivity index (χ0) is 13.8. The molecule has 1 N–H and O–H groups in total. The Kier molecular flexibility index (Phi) is 3.86. The van der Waals surface area contributed by atoms with Gasteiger partial charge < -0.3 is 10.2 Å². The van der Waals surface area contributed by atoms with Gasteiger partial charge >= 0.3 is 0 Å². The lowest BCUT2D eigenvalue weighted by atomic mass is 10.0. The molecule has 3 rings (SSSR count). The van der Waals surface area contributed by atoms with E-state index in [0.29, 0.717) is 17.3 Å². The molecule has 2 fully saturated rings. The number of nitrogens with one attached hydrogen (secondary N) is 1. The fourth-order valence-corrected chi connectivity index (χ4v) is 3.52. The number of hydrogen-bond donors (Lipinski definition) is 1. The van der Waals surface area contributed by atoms with Gasteiger partial charge in [-0.15, -0.1) is 12.4 Å². The Hall–Kier alpha value is -1.07. The van der Waals surface area contributed by atoms with Gasteiger partial charge in [0.2, 0.25) is 5.91 Å². The first kappa shape index (κ1) is 15.3. The summed E-state index contributed by atoms with van der Waals surface area (Å²) < 4.78 is 1.73. The summed E-state index contributed by atoms with van der Waals surface area (Å²) in [5, 5.41) is 7.26. The summed E-state index contributed by atoms with van der Waals surface area (Å²) >= 11 is 0. The molecule has 1 saturated heterocycles. The Morgan fingerprint density at radius 1 is 1.45 bits per heavy atom. The van der Waals surface area contributed by atoms with Gasteiger partial charge in [-0.2, -0.15) is 5.10 Å². The van der Waals surface area contributed by atoms with Gasteiger partial charge in [0.15, 0.2) is 0 Å². The van der Waals surface area contributed by atoms with Crippen LogP contribution in [0.25, 0.3) is 0 Å². The molecule has 3 atom stereocenters. The summed E-state index contributed by atoms with van der Waals surface area (Å²) in [5.41, 5.74) is 1.38. The lowest BCUT2D eigenvalue weighted by Gasteiger charge is -2.26. The number of amides is 1. The lowest BCUT2D eigenvalue weighted by Crippen LogP contribution is -2.40. The van der Waals surface area contributed by atoms with E-state index >= 15 is 0 Å². The molecule has 5 nitrogen and oxygen atoms in total. The molecule has 0 bridgehead atoms. The third-order valence-corrected chi connectivity index (χ3v) is 5.03. The molecule has 1 aliphatic heterocycles. The maximum atomic E-state index is 12.6. The number of fused-ring (bicyclic) bond motifs is 1. The maximum absolute atomic E-state index is 12.6. The van der Waals surface area contributed by atoms with Gasteiger partial charge in [-0.3, -0.25) is 9.48 Å². The summed E-state index contributed by atoms with van der Waals surface area (Å²) in [5.74, 6) is 1.57. The third-order valence-electron chi connectivity index (χ3n) is 5.03. The molecule has 1 saturated carbocycles. The van der Waals surface area contributed by atoms with Crippen molar-refractivity contribution < 1.29 is 4.79 Å². The van der Waals surface area contributed by atoms with Gasteiger partial charge in [0.05, 0.1) is 6.20 Å². The van der Waals surface area contributed by atoms with Gasteiger partial charge in [-0.05, 0) is 24.3 Å². The number of likely N-dealkylation sites (tertiary alicyclic amines) is 1. The van der Waals surface area contributed by atoms with Crippen molar-refractivity contribution in [1.29, 1.82) is 0 Å². The van der Waals surface area contributed by atoms with Crippen molar-refractivity contribution in [2.24, 2.45) is 24.3 Å². The Balaban J connectivity index is 0.00000147. The number of carbonyl (C=O) groups excluding carboxylic acids is 1. The SMILES string of the molecule is CNC(C(=O)N1CC2C(C1)C2(C)C)c1cnn(C)c1.Cl. The van der Waals surface area contributed by atoms with Crippen molar-refractivity contribution in [3.8, 4) is 0 Å². The van der Waals surface area contributed by atoms with E-state index in [1.807, 2.05) is 25.2 Å². The Morgan fingerprint density at radius 3 is 2.50 bits per heavy atom. The van der Waals surface area contributed by atoms with Crippen LogP contribution in [0.3, 0.4) is 0 Å². The summed E-state index contributed by atoms with van der Waals surface area (Å²) in [7, 11) is 3.70. The standard InChI is InChI=1S/C14H22N4O.ClH/c1-14(2)10-7-18(8-11(10)14)13(19)12(15-3)9-5-16-17(4)6-9;/h5-6,10-12,15H,7-8H2,1-4H3;1H. The Morgan fingerprint density at radius 2 is 2.05 bits per heavy atom. The minimum Gasteiger partial charge on any atom is -0.340 e. The molecule has 112 valence electrons. The molecule has 6 heteroatoms. The van der Waals surface area contributed by atoms with Crippen molar-refractivity contribution in [3.05, 3.63) is 18.0 Å². The smallest absolute Gasteiger partial charge is 0.244 e. The summed E-state index contributed by atoms with van der Waals surface area (Å²) in [4.78, 5) is 14.6. The summed E-state index contributed by atoms with van der Waals surface area (Å²) in [6.07, 6.45) is 3.67. The largest absolute Gasteiger partial charge is 0.340 e. The highest BCUT2D eigenvalue weighted by atomic mass is 35.5. The monoisotopic (exact) mass is 298 g/mol. The topological polar surface area (TPSA) is 50.2 Å². The van der Waals surface area contributed by atoms with E-state index in [0.717, 1.165) is 18.7 Å². The number of rotatable bonds is 3. The van der Waals surface area contributed by atoms with Crippen molar-refractivity contribution >= 4 is 18.3 Å². The van der Waals surface area contributed by atoms with E-state index in [-0.39, 0.29) is 24.4 Å². The number of likely N-dealkylation sites (N-methyl/N-ethyl adjacent to an activating group) is 1. The van der Waals surface area contributed by atoms with E-state index in [9.17, 15) is 4.79 Å². The third kappa shape index (κ3) is 2.23. The highest BCUT2D eigenvalue weighted by Gasteiger charge is 2.62. The quantitative estimate of drug-likeness (QED) is 0.913. The summed E-state index contributed by atoms with van der Waals surface area (Å²) in [6, 6.07) is -0.269. The molecule has 2 heterocycles. The number of hydrogen-bond acceptors (Lipinski definition) is 3. The van der Waals surface area contributed by atoms with Crippen LogP contribution in [0.5, 0.6) is 0 Å². The zero-order valence-corrected chi connectivity index (χ0v) is 13.3. The molecule has 0 radical (unpaired) electrons. The molecule has 20 heavy (non-hydrogen) atoms. The van der Waals surface area contributed by atoms with Crippen LogP contribution in [0.2, 0.25) is 0 Å². The fraction of sp³-hybridized carbons (Fsp3) is 0.714. The van der Waals surface area contributed by atoms with E-state index in [4.69, 9.17) is 0 Å². The van der Waals surface area contributed by atoms with Gasteiger partial charge in [0.25, 0.3) is 0 Å². The van der Waals surface area contributed by atoms with Crippen molar-refractivity contribution in [2.75, 3.05) is 20.1 Å². The van der Waals surface area contributed by atoms with Crippen LogP contribution in [0.15, 0.2) is 12.4 Å².